The number of ether oxygens (including phenoxy) is 2. The Morgan fingerprint density at radius 3 is 2.65 bits per heavy atom. The van der Waals surface area contributed by atoms with Crippen LogP contribution in [0.5, 0.6) is 0 Å². The third kappa shape index (κ3) is 6.18. The third-order valence-electron chi connectivity index (χ3n) is 5.02. The molecule has 1 aliphatic heterocycles. The van der Waals surface area contributed by atoms with E-state index in [1.165, 1.54) is 0 Å². The van der Waals surface area contributed by atoms with Gasteiger partial charge in [-0.15, -0.1) is 0 Å². The third-order valence-corrected chi connectivity index (χ3v) is 5.02. The Kier molecular flexibility index (Phi) is 8.72. The van der Waals surface area contributed by atoms with Gasteiger partial charge in [-0.3, -0.25) is 19.7 Å². The molecule has 2 aromatic rings. The van der Waals surface area contributed by atoms with Crippen LogP contribution in [0.15, 0.2) is 41.2 Å². The van der Waals surface area contributed by atoms with Crippen LogP contribution in [-0.2, 0) is 19.1 Å². The molecular weight excluding hydrogens is 438 g/mol. The molecule has 10 heteroatoms. The number of ketones is 2. The van der Waals surface area contributed by atoms with Crippen molar-refractivity contribution in [2.45, 2.75) is 32.9 Å². The Balaban J connectivity index is 1.84. The van der Waals surface area contributed by atoms with E-state index >= 15 is 0 Å². The van der Waals surface area contributed by atoms with E-state index in [0.717, 1.165) is 11.1 Å². The molecule has 178 valence electrons. The van der Waals surface area contributed by atoms with Gasteiger partial charge >= 0.3 is 0 Å². The summed E-state index contributed by atoms with van der Waals surface area (Å²) < 4.78 is 10.1. The van der Waals surface area contributed by atoms with Crippen molar-refractivity contribution >= 4 is 35.6 Å². The largest absolute Gasteiger partial charge is 0.467 e. The van der Waals surface area contributed by atoms with Gasteiger partial charge < -0.3 is 15.2 Å². The van der Waals surface area contributed by atoms with Crippen LogP contribution in [0.3, 0.4) is 0 Å². The maximum absolute atomic E-state index is 13.0. The summed E-state index contributed by atoms with van der Waals surface area (Å²) in [7, 11) is 0. The smallest absolute Gasteiger partial charge is 0.293 e. The van der Waals surface area contributed by atoms with Crippen LogP contribution in [-0.4, -0.2) is 59.8 Å². The lowest BCUT2D eigenvalue weighted by Gasteiger charge is -2.17. The van der Waals surface area contributed by atoms with Crippen LogP contribution in [0.25, 0.3) is 17.2 Å². The van der Waals surface area contributed by atoms with Crippen LogP contribution in [0.2, 0.25) is 0 Å². The van der Waals surface area contributed by atoms with Crippen LogP contribution < -0.4 is 11.1 Å². The van der Waals surface area contributed by atoms with Gasteiger partial charge in [-0.05, 0) is 31.2 Å². The van der Waals surface area contributed by atoms with Crippen LogP contribution in [0.4, 0.5) is 5.69 Å². The first-order valence-corrected chi connectivity index (χ1v) is 10.9. The van der Waals surface area contributed by atoms with Crippen LogP contribution >= 0.6 is 0 Å². The molecule has 10 nitrogen and oxygen atoms in total. The molecule has 1 unspecified atom stereocenters. The molecule has 1 aromatic carbocycles. The number of amidine groups is 1. The highest BCUT2D eigenvalue weighted by Crippen LogP contribution is 2.31. The van der Waals surface area contributed by atoms with Gasteiger partial charge in [0.1, 0.15) is 5.84 Å². The van der Waals surface area contributed by atoms with Crippen molar-refractivity contribution in [3.8, 4) is 11.1 Å². The van der Waals surface area contributed by atoms with Gasteiger partial charge in [-0.25, -0.2) is 15.0 Å². The zero-order valence-electron chi connectivity index (χ0n) is 19.1. The number of aliphatic imine (C=N–C) groups is 1. The second-order valence-electron chi connectivity index (χ2n) is 7.42. The maximum atomic E-state index is 13.0. The first kappa shape index (κ1) is 24.9. The lowest BCUT2D eigenvalue weighted by Crippen LogP contribution is -2.40. The first-order valence-electron chi connectivity index (χ1n) is 10.9. The molecule has 0 aliphatic carbocycles. The number of aromatic nitrogens is 2. The number of nitrogens with one attached hydrogen (secondary N) is 1. The lowest BCUT2D eigenvalue weighted by atomic mass is 10.0. The van der Waals surface area contributed by atoms with Gasteiger partial charge in [-0.2, -0.15) is 0 Å². The normalized spacial score (nSPS) is 13.7. The fourth-order valence-electron chi connectivity index (χ4n) is 3.41. The van der Waals surface area contributed by atoms with Gasteiger partial charge in [0.05, 0.1) is 12.3 Å². The van der Waals surface area contributed by atoms with Crippen molar-refractivity contribution < 1.29 is 23.9 Å². The summed E-state index contributed by atoms with van der Waals surface area (Å²) in [6.45, 7) is 5.00. The number of Topliss-reactive ketones (excluding diaryl/α,β-unsaturated/α-hetero) is 2. The van der Waals surface area contributed by atoms with Gasteiger partial charge in [0.25, 0.3) is 6.47 Å². The molecule has 0 bridgehead atoms. The molecular formula is C24H27N5O5. The summed E-state index contributed by atoms with van der Waals surface area (Å²) in [6, 6.07) is 5.53. The van der Waals surface area contributed by atoms with Crippen molar-refractivity contribution in [1.82, 2.24) is 15.3 Å². The zero-order chi connectivity index (χ0) is 24.5. The molecule has 0 saturated carbocycles. The second kappa shape index (κ2) is 11.9. The molecule has 0 saturated heterocycles. The number of hydrogen-bond acceptors (Lipinski definition) is 10. The summed E-state index contributed by atoms with van der Waals surface area (Å²) in [5.41, 5.74) is 9.46. The SMILES string of the molecule is CCNC(OCC)C(=O)C1=Cc2ccc(-c3cnc(C(=O)CCOC=O)nc3)cc2N=C(N)C1. The minimum Gasteiger partial charge on any atom is -0.467 e. The number of carbonyl (C=O) groups is 3. The van der Waals surface area contributed by atoms with Crippen LogP contribution in [0, 0.1) is 0 Å². The van der Waals surface area contributed by atoms with Crippen molar-refractivity contribution in [2.75, 3.05) is 19.8 Å². The molecule has 3 N–H and O–H groups in total. The quantitative estimate of drug-likeness (QED) is 0.208. The number of fused-ring (bicyclic) bond motifs is 1. The molecule has 0 spiro atoms. The van der Waals surface area contributed by atoms with E-state index in [1.807, 2.05) is 32.0 Å². The highest BCUT2D eigenvalue weighted by molar-refractivity contribution is 6.08. The summed E-state index contributed by atoms with van der Waals surface area (Å²) in [4.78, 5) is 48.0. The topological polar surface area (TPSA) is 146 Å². The van der Waals surface area contributed by atoms with Gasteiger partial charge in [0.2, 0.25) is 11.6 Å². The minimum atomic E-state index is -0.738. The predicted octanol–water partition coefficient (Wildman–Crippen LogP) is 2.21. The summed E-state index contributed by atoms with van der Waals surface area (Å²) in [5, 5.41) is 3.04. The molecule has 0 radical (unpaired) electrons. The van der Waals surface area contributed by atoms with E-state index < -0.39 is 6.23 Å². The highest BCUT2D eigenvalue weighted by Gasteiger charge is 2.24. The fourth-order valence-corrected chi connectivity index (χ4v) is 3.41. The second-order valence-corrected chi connectivity index (χ2v) is 7.42. The van der Waals surface area contributed by atoms with E-state index in [0.29, 0.717) is 35.8 Å². The number of nitrogens with two attached hydrogens (primary N) is 1. The first-order chi connectivity index (χ1) is 16.5. The Hall–Kier alpha value is -3.76. The Bertz CT molecular complexity index is 1110. The summed E-state index contributed by atoms with van der Waals surface area (Å²) >= 11 is 0. The van der Waals surface area contributed by atoms with Crippen molar-refractivity contribution in [3.05, 3.63) is 47.6 Å². The Morgan fingerprint density at radius 1 is 1.21 bits per heavy atom. The van der Waals surface area contributed by atoms with Crippen molar-refractivity contribution in [2.24, 2.45) is 10.7 Å². The number of nitrogens with zero attached hydrogens (tertiary/aromatic N) is 3. The molecule has 1 aromatic heterocycles. The molecule has 3 rings (SSSR count). The van der Waals surface area contributed by atoms with E-state index in [2.05, 4.69) is 25.0 Å². The summed E-state index contributed by atoms with van der Waals surface area (Å²) in [5.74, 6) is -0.133. The number of likely N-dealkylation sites (N-methyl/N-ethyl adjacent to an activating group) is 1. The van der Waals surface area contributed by atoms with Gasteiger partial charge in [0.15, 0.2) is 12.1 Å². The molecule has 1 aliphatic rings. The van der Waals surface area contributed by atoms with E-state index in [4.69, 9.17) is 10.5 Å². The molecule has 34 heavy (non-hydrogen) atoms. The summed E-state index contributed by atoms with van der Waals surface area (Å²) in [6.07, 6.45) is 4.36. The highest BCUT2D eigenvalue weighted by atomic mass is 16.5. The zero-order valence-corrected chi connectivity index (χ0v) is 19.1. The molecule has 1 atom stereocenters. The van der Waals surface area contributed by atoms with E-state index in [9.17, 15) is 14.4 Å². The number of carbonyl (C=O) groups excluding carboxylic acids is 3. The fraction of sp³-hybridized carbons (Fsp3) is 0.333. The van der Waals surface area contributed by atoms with Crippen molar-refractivity contribution in [3.63, 3.8) is 0 Å². The monoisotopic (exact) mass is 465 g/mol. The molecule has 0 amide bonds. The Morgan fingerprint density at radius 2 is 1.97 bits per heavy atom. The van der Waals surface area contributed by atoms with Crippen LogP contribution in [0.1, 0.15) is 42.9 Å². The van der Waals surface area contributed by atoms with E-state index in [1.54, 1.807) is 18.5 Å². The van der Waals surface area contributed by atoms with Gasteiger partial charge in [0, 0.05) is 48.5 Å². The molecule has 0 fully saturated rings. The average Bonchev–Trinajstić information content (AvgIpc) is 3.01. The number of hydrogen-bond donors (Lipinski definition) is 2. The Labute approximate surface area is 197 Å². The standard InChI is InChI=1S/C24H27N5O5/c1-3-26-24(34-4-2)22(32)17-9-16-6-5-15(10-19(16)29-21(25)11-17)18-12-27-23(28-13-18)20(31)7-8-33-14-30/h5-6,9-10,12-14,24,26H,3-4,7-8,11H2,1-2H3,(H2,25,29). The van der Waals surface area contributed by atoms with E-state index in [-0.39, 0.29) is 43.3 Å². The average molecular weight is 466 g/mol. The van der Waals surface area contributed by atoms with Gasteiger partial charge in [-0.1, -0.05) is 19.1 Å². The maximum Gasteiger partial charge on any atom is 0.293 e. The lowest BCUT2D eigenvalue weighted by molar-refractivity contribution is -0.129. The molecule has 2 heterocycles. The number of benzene rings is 1. The predicted molar refractivity (Wildman–Crippen MR) is 126 cm³/mol. The van der Waals surface area contributed by atoms with Crippen molar-refractivity contribution in [1.29, 1.82) is 0 Å². The number of rotatable bonds is 12. The minimum absolute atomic E-state index is 0.0102.